The molecule has 1 amide bonds. The van der Waals surface area contributed by atoms with Gasteiger partial charge in [0.25, 0.3) is 5.91 Å². The Morgan fingerprint density at radius 1 is 1.29 bits per heavy atom. The molecule has 1 aliphatic rings. The quantitative estimate of drug-likeness (QED) is 0.715. The third-order valence-corrected chi connectivity index (χ3v) is 4.70. The van der Waals surface area contributed by atoms with Crippen LogP contribution in [0, 0.1) is 17.2 Å². The summed E-state index contributed by atoms with van der Waals surface area (Å²) < 4.78 is 5.89. The first-order chi connectivity index (χ1) is 13.7. The van der Waals surface area contributed by atoms with E-state index in [4.69, 9.17) is 15.1 Å². The highest BCUT2D eigenvalue weighted by atomic mass is 16.5. The van der Waals surface area contributed by atoms with Crippen LogP contribution < -0.4 is 4.74 Å². The molecule has 3 aromatic rings. The van der Waals surface area contributed by atoms with Crippen molar-refractivity contribution in [2.75, 3.05) is 19.7 Å². The minimum absolute atomic E-state index is 0.0587. The summed E-state index contributed by atoms with van der Waals surface area (Å²) in [6.45, 7) is 1.26. The number of carbonyl (C=O) groups is 1. The van der Waals surface area contributed by atoms with Gasteiger partial charge in [-0.3, -0.25) is 9.89 Å². The van der Waals surface area contributed by atoms with Crippen LogP contribution in [0.5, 0.6) is 11.5 Å². The van der Waals surface area contributed by atoms with E-state index in [-0.39, 0.29) is 18.4 Å². The molecule has 28 heavy (non-hydrogen) atoms. The second kappa shape index (κ2) is 7.55. The smallest absolute Gasteiger partial charge is 0.253 e. The number of hydrogen-bond donors (Lipinski definition) is 2. The lowest BCUT2D eigenvalue weighted by atomic mass is 9.99. The Kier molecular flexibility index (Phi) is 4.79. The largest absolute Gasteiger partial charge is 0.453 e. The maximum Gasteiger partial charge on any atom is 0.253 e. The van der Waals surface area contributed by atoms with Gasteiger partial charge >= 0.3 is 0 Å². The molecular formula is C21H18N4O3. The molecule has 7 heteroatoms. The normalized spacial score (nSPS) is 13.6. The summed E-state index contributed by atoms with van der Waals surface area (Å²) in [5.74, 6) is 1.23. The zero-order valence-electron chi connectivity index (χ0n) is 15.0. The number of nitrogens with zero attached hydrogens (tertiary/aromatic N) is 3. The summed E-state index contributed by atoms with van der Waals surface area (Å²) in [5, 5.41) is 25.1. The molecule has 140 valence electrons. The molecule has 0 atom stereocenters. The average molecular weight is 374 g/mol. The van der Waals surface area contributed by atoms with Gasteiger partial charge < -0.3 is 14.7 Å². The number of benzene rings is 2. The van der Waals surface area contributed by atoms with Crippen LogP contribution in [-0.2, 0) is 0 Å². The van der Waals surface area contributed by atoms with Crippen LogP contribution in [0.2, 0.25) is 0 Å². The van der Waals surface area contributed by atoms with Crippen molar-refractivity contribution in [1.29, 1.82) is 5.26 Å². The van der Waals surface area contributed by atoms with Crippen molar-refractivity contribution in [3.63, 3.8) is 0 Å². The number of amides is 1. The molecule has 0 spiro atoms. The van der Waals surface area contributed by atoms with Crippen molar-refractivity contribution < 1.29 is 14.6 Å². The Hall–Kier alpha value is -3.63. The molecule has 2 N–H and O–H groups in total. The molecule has 0 bridgehead atoms. The van der Waals surface area contributed by atoms with Crippen LogP contribution in [0.4, 0.5) is 0 Å². The standard InChI is InChI=1S/C21H18N4O3/c22-9-14-4-6-18(7-5-14)28-19-10-23-24-20(19)16-2-1-3-17(8-16)21(27)25-11-15(12-25)13-26/h1-8,10,15,26H,11-13H2,(H,23,24). The van der Waals surface area contributed by atoms with Gasteiger partial charge in [0, 0.05) is 36.7 Å². The van der Waals surface area contributed by atoms with E-state index in [9.17, 15) is 4.79 Å². The number of aliphatic hydroxyl groups excluding tert-OH is 1. The topological polar surface area (TPSA) is 102 Å². The van der Waals surface area contributed by atoms with E-state index >= 15 is 0 Å². The zero-order valence-corrected chi connectivity index (χ0v) is 15.0. The van der Waals surface area contributed by atoms with Gasteiger partial charge in [-0.25, -0.2) is 0 Å². The fourth-order valence-corrected chi connectivity index (χ4v) is 3.12. The SMILES string of the molecule is N#Cc1ccc(Oc2c[nH]nc2-c2cccc(C(=O)N3CC(CO)C3)c2)cc1. The van der Waals surface area contributed by atoms with Gasteiger partial charge in [0.1, 0.15) is 11.4 Å². The predicted molar refractivity (Wildman–Crippen MR) is 102 cm³/mol. The van der Waals surface area contributed by atoms with Gasteiger partial charge in [0.15, 0.2) is 5.75 Å². The third-order valence-electron chi connectivity index (χ3n) is 4.70. The Morgan fingerprint density at radius 3 is 2.79 bits per heavy atom. The molecule has 0 unspecified atom stereocenters. The number of hydrogen-bond acceptors (Lipinski definition) is 5. The lowest BCUT2D eigenvalue weighted by Gasteiger charge is -2.38. The van der Waals surface area contributed by atoms with E-state index in [2.05, 4.69) is 16.3 Å². The van der Waals surface area contributed by atoms with E-state index in [0.717, 1.165) is 5.56 Å². The molecular weight excluding hydrogens is 356 g/mol. The molecule has 1 aromatic heterocycles. The molecule has 2 aromatic carbocycles. The van der Waals surface area contributed by atoms with E-state index in [1.165, 1.54) is 0 Å². The van der Waals surface area contributed by atoms with E-state index in [0.29, 0.717) is 41.4 Å². The molecule has 1 saturated heterocycles. The lowest BCUT2D eigenvalue weighted by molar-refractivity contribution is 0.0362. The molecule has 0 aliphatic carbocycles. The second-order valence-corrected chi connectivity index (χ2v) is 6.68. The van der Waals surface area contributed by atoms with Crippen molar-refractivity contribution in [2.24, 2.45) is 5.92 Å². The molecule has 1 aliphatic heterocycles. The fraction of sp³-hybridized carbons (Fsp3) is 0.190. The minimum Gasteiger partial charge on any atom is -0.453 e. The minimum atomic E-state index is -0.0587. The van der Waals surface area contributed by atoms with Gasteiger partial charge in [0.2, 0.25) is 0 Å². The number of ether oxygens (including phenoxy) is 1. The maximum absolute atomic E-state index is 12.6. The van der Waals surface area contributed by atoms with E-state index < -0.39 is 0 Å². The van der Waals surface area contributed by atoms with Gasteiger partial charge in [0.05, 0.1) is 17.8 Å². The molecule has 2 heterocycles. The molecule has 7 nitrogen and oxygen atoms in total. The van der Waals surface area contributed by atoms with Crippen molar-refractivity contribution in [3.8, 4) is 28.8 Å². The molecule has 4 rings (SSSR count). The van der Waals surface area contributed by atoms with Crippen LogP contribution in [-0.4, -0.2) is 45.8 Å². The number of H-pyrrole nitrogens is 1. The van der Waals surface area contributed by atoms with Crippen molar-refractivity contribution in [2.45, 2.75) is 0 Å². The number of aromatic nitrogens is 2. The van der Waals surface area contributed by atoms with Gasteiger partial charge in [-0.05, 0) is 36.4 Å². The van der Waals surface area contributed by atoms with Gasteiger partial charge in [-0.2, -0.15) is 10.4 Å². The van der Waals surface area contributed by atoms with Crippen molar-refractivity contribution in [1.82, 2.24) is 15.1 Å². The summed E-state index contributed by atoms with van der Waals surface area (Å²) in [7, 11) is 0. The average Bonchev–Trinajstić information content (AvgIpc) is 3.16. The first-order valence-electron chi connectivity index (χ1n) is 8.90. The van der Waals surface area contributed by atoms with Crippen LogP contribution in [0.1, 0.15) is 15.9 Å². The van der Waals surface area contributed by atoms with Crippen LogP contribution in [0.3, 0.4) is 0 Å². The lowest BCUT2D eigenvalue weighted by Crippen LogP contribution is -2.51. The Labute approximate surface area is 161 Å². The first kappa shape index (κ1) is 17.8. The second-order valence-electron chi connectivity index (χ2n) is 6.68. The summed E-state index contributed by atoms with van der Waals surface area (Å²) in [5.41, 5.74) is 2.48. The van der Waals surface area contributed by atoms with Crippen LogP contribution >= 0.6 is 0 Å². The number of aromatic amines is 1. The summed E-state index contributed by atoms with van der Waals surface area (Å²) >= 11 is 0. The zero-order chi connectivity index (χ0) is 19.5. The fourth-order valence-electron chi connectivity index (χ4n) is 3.12. The van der Waals surface area contributed by atoms with Gasteiger partial charge in [-0.1, -0.05) is 12.1 Å². The summed E-state index contributed by atoms with van der Waals surface area (Å²) in [6, 6.07) is 16.1. The van der Waals surface area contributed by atoms with Crippen molar-refractivity contribution >= 4 is 5.91 Å². The van der Waals surface area contributed by atoms with Gasteiger partial charge in [-0.15, -0.1) is 0 Å². The molecule has 0 saturated carbocycles. The van der Waals surface area contributed by atoms with Crippen LogP contribution in [0.15, 0.2) is 54.7 Å². The molecule has 1 fully saturated rings. The highest BCUT2D eigenvalue weighted by Gasteiger charge is 2.30. The number of carbonyl (C=O) groups excluding carboxylic acids is 1. The Bertz CT molecular complexity index is 1030. The number of nitrogens with one attached hydrogen (secondary N) is 1. The Balaban J connectivity index is 1.54. The molecule has 0 radical (unpaired) electrons. The number of likely N-dealkylation sites (tertiary alicyclic amines) is 1. The number of rotatable bonds is 5. The summed E-state index contributed by atoms with van der Waals surface area (Å²) in [4.78, 5) is 14.3. The monoisotopic (exact) mass is 374 g/mol. The first-order valence-corrected chi connectivity index (χ1v) is 8.90. The predicted octanol–water partition coefficient (Wildman–Crippen LogP) is 2.80. The number of nitriles is 1. The van der Waals surface area contributed by atoms with Crippen molar-refractivity contribution in [3.05, 3.63) is 65.9 Å². The Morgan fingerprint density at radius 2 is 2.07 bits per heavy atom. The maximum atomic E-state index is 12.6. The highest BCUT2D eigenvalue weighted by molar-refractivity contribution is 5.96. The number of aliphatic hydroxyl groups is 1. The van der Waals surface area contributed by atoms with Crippen LogP contribution in [0.25, 0.3) is 11.3 Å². The third kappa shape index (κ3) is 3.46. The van der Waals surface area contributed by atoms with E-state index in [1.807, 2.05) is 12.1 Å². The van der Waals surface area contributed by atoms with E-state index in [1.54, 1.807) is 47.5 Å². The summed E-state index contributed by atoms with van der Waals surface area (Å²) in [6.07, 6.45) is 1.64. The highest BCUT2D eigenvalue weighted by Crippen LogP contribution is 2.32.